The predicted molar refractivity (Wildman–Crippen MR) is 75.7 cm³/mol. The van der Waals surface area contributed by atoms with E-state index in [0.29, 0.717) is 24.6 Å². The van der Waals surface area contributed by atoms with Crippen LogP contribution in [0.25, 0.3) is 0 Å². The summed E-state index contributed by atoms with van der Waals surface area (Å²) in [5.74, 6) is -0.645. The van der Waals surface area contributed by atoms with Gasteiger partial charge in [-0.15, -0.1) is 5.10 Å². The van der Waals surface area contributed by atoms with Crippen molar-refractivity contribution >= 4 is 5.97 Å². The Hall–Kier alpha value is -2.17. The summed E-state index contributed by atoms with van der Waals surface area (Å²) in [6.07, 6.45) is 1.48. The van der Waals surface area contributed by atoms with Crippen molar-refractivity contribution in [1.29, 1.82) is 0 Å². The summed E-state index contributed by atoms with van der Waals surface area (Å²) in [4.78, 5) is 11.2. The zero-order valence-electron chi connectivity index (χ0n) is 11.8. The van der Waals surface area contributed by atoms with Crippen molar-refractivity contribution in [2.24, 2.45) is 5.92 Å². The van der Waals surface area contributed by atoms with Gasteiger partial charge in [-0.25, -0.2) is 9.48 Å². The minimum atomic E-state index is -1.01. The molecule has 0 bridgehead atoms. The van der Waals surface area contributed by atoms with Gasteiger partial charge in [0.2, 0.25) is 0 Å². The summed E-state index contributed by atoms with van der Waals surface area (Å²) in [6.45, 7) is 4.76. The highest BCUT2D eigenvalue weighted by molar-refractivity contribution is 5.86. The van der Waals surface area contributed by atoms with E-state index in [1.807, 2.05) is 18.2 Å². The first-order valence-corrected chi connectivity index (χ1v) is 6.77. The molecule has 0 radical (unpaired) electrons. The van der Waals surface area contributed by atoms with Gasteiger partial charge in [-0.1, -0.05) is 49.4 Å². The highest BCUT2D eigenvalue weighted by Gasteiger charge is 2.19. The van der Waals surface area contributed by atoms with E-state index >= 15 is 0 Å². The molecule has 0 aliphatic heterocycles. The van der Waals surface area contributed by atoms with Crippen LogP contribution in [0.3, 0.4) is 0 Å². The largest absolute Gasteiger partial charge is 0.476 e. The first kappa shape index (κ1) is 14.2. The fourth-order valence-electron chi connectivity index (χ4n) is 2.15. The van der Waals surface area contributed by atoms with Crippen LogP contribution in [0, 0.1) is 5.92 Å². The Labute approximate surface area is 118 Å². The highest BCUT2D eigenvalue weighted by Crippen LogP contribution is 2.13. The maximum absolute atomic E-state index is 11.2. The third-order valence-electron chi connectivity index (χ3n) is 3.10. The minimum Gasteiger partial charge on any atom is -0.476 e. The lowest BCUT2D eigenvalue weighted by molar-refractivity contribution is 0.0689. The first-order valence-electron chi connectivity index (χ1n) is 6.77. The molecule has 1 N–H and O–H groups in total. The second kappa shape index (κ2) is 6.32. The van der Waals surface area contributed by atoms with Crippen LogP contribution in [-0.2, 0) is 19.4 Å². The molecule has 5 heteroatoms. The van der Waals surface area contributed by atoms with Gasteiger partial charge in [0.15, 0.2) is 5.69 Å². The molecular formula is C15H19N3O2. The maximum atomic E-state index is 11.2. The van der Waals surface area contributed by atoms with Crippen LogP contribution < -0.4 is 0 Å². The number of aryl methyl sites for hydroxylation is 2. The molecule has 20 heavy (non-hydrogen) atoms. The number of hydrogen-bond acceptors (Lipinski definition) is 3. The average Bonchev–Trinajstić information content (AvgIpc) is 2.80. The zero-order chi connectivity index (χ0) is 14.5. The van der Waals surface area contributed by atoms with Gasteiger partial charge >= 0.3 is 5.97 Å². The van der Waals surface area contributed by atoms with E-state index in [9.17, 15) is 4.79 Å². The molecule has 1 heterocycles. The molecule has 1 aromatic heterocycles. The SMILES string of the molecule is CC(C)Cc1c(C(=O)O)nnn1CCc1ccccc1. The highest BCUT2D eigenvalue weighted by atomic mass is 16.4. The van der Waals surface area contributed by atoms with Crippen molar-refractivity contribution in [2.75, 3.05) is 0 Å². The fourth-order valence-corrected chi connectivity index (χ4v) is 2.15. The molecule has 0 aliphatic rings. The van der Waals surface area contributed by atoms with Gasteiger partial charge in [-0.3, -0.25) is 0 Å². The van der Waals surface area contributed by atoms with Crippen LogP contribution in [0.4, 0.5) is 0 Å². The Morgan fingerprint density at radius 2 is 2.00 bits per heavy atom. The van der Waals surface area contributed by atoms with Gasteiger partial charge < -0.3 is 5.11 Å². The number of nitrogens with zero attached hydrogens (tertiary/aromatic N) is 3. The number of carboxylic acids is 1. The first-order chi connectivity index (χ1) is 9.58. The standard InChI is InChI=1S/C15H19N3O2/c1-11(2)10-13-14(15(19)20)16-17-18(13)9-8-12-6-4-3-5-7-12/h3-7,11H,8-10H2,1-2H3,(H,19,20). The van der Waals surface area contributed by atoms with Crippen molar-refractivity contribution in [3.63, 3.8) is 0 Å². The monoisotopic (exact) mass is 273 g/mol. The number of carbonyl (C=O) groups is 1. The van der Waals surface area contributed by atoms with E-state index in [0.717, 1.165) is 6.42 Å². The summed E-state index contributed by atoms with van der Waals surface area (Å²) in [5.41, 5.74) is 1.99. The molecule has 0 amide bonds. The molecule has 2 aromatic rings. The lowest BCUT2D eigenvalue weighted by Gasteiger charge is -2.09. The maximum Gasteiger partial charge on any atom is 0.358 e. The molecule has 0 spiro atoms. The molecule has 0 saturated carbocycles. The Morgan fingerprint density at radius 1 is 1.30 bits per heavy atom. The summed E-state index contributed by atoms with van der Waals surface area (Å²) >= 11 is 0. The number of aromatic carboxylic acids is 1. The molecule has 0 saturated heterocycles. The van der Waals surface area contributed by atoms with Gasteiger partial charge in [0.1, 0.15) is 0 Å². The van der Waals surface area contributed by atoms with Crippen LogP contribution in [0.1, 0.15) is 35.6 Å². The van der Waals surface area contributed by atoms with Crippen LogP contribution >= 0.6 is 0 Å². The molecule has 0 fully saturated rings. The summed E-state index contributed by atoms with van der Waals surface area (Å²) < 4.78 is 1.72. The molecule has 106 valence electrons. The topological polar surface area (TPSA) is 68.0 Å². The van der Waals surface area contributed by atoms with Crippen LogP contribution in [-0.4, -0.2) is 26.1 Å². The Kier molecular flexibility index (Phi) is 4.50. The number of rotatable bonds is 6. The molecule has 1 aromatic carbocycles. The van der Waals surface area contributed by atoms with Crippen molar-refractivity contribution in [3.05, 3.63) is 47.3 Å². The minimum absolute atomic E-state index is 0.0757. The van der Waals surface area contributed by atoms with E-state index in [-0.39, 0.29) is 5.69 Å². The van der Waals surface area contributed by atoms with Gasteiger partial charge in [-0.05, 0) is 24.3 Å². The third kappa shape index (κ3) is 3.44. The molecule has 0 unspecified atom stereocenters. The van der Waals surface area contributed by atoms with E-state index in [1.165, 1.54) is 5.56 Å². The van der Waals surface area contributed by atoms with E-state index in [2.05, 4.69) is 36.3 Å². The van der Waals surface area contributed by atoms with Gasteiger partial charge in [-0.2, -0.15) is 0 Å². The Bertz CT molecular complexity index is 576. The van der Waals surface area contributed by atoms with Crippen molar-refractivity contribution in [1.82, 2.24) is 15.0 Å². The fraction of sp³-hybridized carbons (Fsp3) is 0.400. The van der Waals surface area contributed by atoms with E-state index in [4.69, 9.17) is 5.11 Å². The number of carboxylic acid groups (broad SMARTS) is 1. The molecule has 5 nitrogen and oxygen atoms in total. The number of hydrogen-bond donors (Lipinski definition) is 1. The Balaban J connectivity index is 2.16. The van der Waals surface area contributed by atoms with Gasteiger partial charge in [0.25, 0.3) is 0 Å². The summed E-state index contributed by atoms with van der Waals surface area (Å²) in [6, 6.07) is 10.1. The molecule has 0 aliphatic carbocycles. The van der Waals surface area contributed by atoms with Crippen LogP contribution in [0.2, 0.25) is 0 Å². The lowest BCUT2D eigenvalue weighted by atomic mass is 10.1. The van der Waals surface area contributed by atoms with Crippen LogP contribution in [0.5, 0.6) is 0 Å². The Morgan fingerprint density at radius 3 is 2.60 bits per heavy atom. The lowest BCUT2D eigenvalue weighted by Crippen LogP contribution is -2.12. The van der Waals surface area contributed by atoms with Crippen molar-refractivity contribution < 1.29 is 9.90 Å². The second-order valence-electron chi connectivity index (χ2n) is 5.25. The summed E-state index contributed by atoms with van der Waals surface area (Å²) in [5, 5.41) is 16.9. The molecule has 2 rings (SSSR count). The zero-order valence-corrected chi connectivity index (χ0v) is 11.8. The van der Waals surface area contributed by atoms with Crippen molar-refractivity contribution in [2.45, 2.75) is 33.2 Å². The third-order valence-corrected chi connectivity index (χ3v) is 3.10. The van der Waals surface area contributed by atoms with Crippen molar-refractivity contribution in [3.8, 4) is 0 Å². The smallest absolute Gasteiger partial charge is 0.358 e. The molecule has 0 atom stereocenters. The van der Waals surface area contributed by atoms with Gasteiger partial charge in [0.05, 0.1) is 5.69 Å². The quantitative estimate of drug-likeness (QED) is 0.877. The van der Waals surface area contributed by atoms with Crippen LogP contribution in [0.15, 0.2) is 30.3 Å². The second-order valence-corrected chi connectivity index (χ2v) is 5.25. The summed E-state index contributed by atoms with van der Waals surface area (Å²) in [7, 11) is 0. The predicted octanol–water partition coefficient (Wildman–Crippen LogP) is 2.42. The number of benzene rings is 1. The van der Waals surface area contributed by atoms with E-state index < -0.39 is 5.97 Å². The average molecular weight is 273 g/mol. The van der Waals surface area contributed by atoms with E-state index in [1.54, 1.807) is 4.68 Å². The van der Waals surface area contributed by atoms with Gasteiger partial charge in [0, 0.05) is 6.54 Å². The normalized spacial score (nSPS) is 10.9. The number of aromatic nitrogens is 3. The molecular weight excluding hydrogens is 254 g/mol.